The van der Waals surface area contributed by atoms with E-state index >= 15 is 0 Å². The highest BCUT2D eigenvalue weighted by Crippen LogP contribution is 2.22. The first-order valence-corrected chi connectivity index (χ1v) is 6.65. The molecule has 5 nitrogen and oxygen atoms in total. The van der Waals surface area contributed by atoms with Crippen LogP contribution in [0, 0.1) is 0 Å². The summed E-state index contributed by atoms with van der Waals surface area (Å²) in [6, 6.07) is -0.0439. The Hall–Kier alpha value is -1.52. The van der Waals surface area contributed by atoms with Gasteiger partial charge in [0, 0.05) is 39.3 Å². The first-order chi connectivity index (χ1) is 8.66. The predicted molar refractivity (Wildman–Crippen MR) is 68.9 cm³/mol. The van der Waals surface area contributed by atoms with Crippen LogP contribution in [0.5, 0.6) is 0 Å². The molecule has 3 amide bonds. The lowest BCUT2D eigenvalue weighted by Crippen LogP contribution is -2.52. The number of amides is 3. The van der Waals surface area contributed by atoms with Gasteiger partial charge in [0.25, 0.3) is 0 Å². The van der Waals surface area contributed by atoms with Crippen molar-refractivity contribution in [1.29, 1.82) is 0 Å². The molecule has 100 valence electrons. The van der Waals surface area contributed by atoms with Crippen molar-refractivity contribution in [3.05, 3.63) is 11.8 Å². The van der Waals surface area contributed by atoms with E-state index in [1.165, 1.54) is 18.4 Å². The summed E-state index contributed by atoms with van der Waals surface area (Å²) in [6.07, 6.45) is 6.56. The molecule has 0 radical (unpaired) electrons. The van der Waals surface area contributed by atoms with E-state index in [1.54, 1.807) is 16.7 Å². The van der Waals surface area contributed by atoms with E-state index < -0.39 is 0 Å². The Kier molecular flexibility index (Phi) is 4.23. The lowest BCUT2D eigenvalue weighted by atomic mass is 10.2. The number of hydrogen-bond donors (Lipinski definition) is 1. The topological polar surface area (TPSA) is 52.7 Å². The maximum Gasteiger partial charge on any atom is 0.321 e. The smallest absolute Gasteiger partial charge is 0.321 e. The molecule has 0 unspecified atom stereocenters. The summed E-state index contributed by atoms with van der Waals surface area (Å²) in [5, 5.41) is 2.86. The number of piperazine rings is 1. The molecule has 1 aliphatic heterocycles. The van der Waals surface area contributed by atoms with Gasteiger partial charge in [-0.25, -0.2) is 4.79 Å². The van der Waals surface area contributed by atoms with Gasteiger partial charge in [-0.05, 0) is 25.7 Å². The largest absolute Gasteiger partial charge is 0.339 e. The van der Waals surface area contributed by atoms with Gasteiger partial charge in [0.05, 0.1) is 0 Å². The van der Waals surface area contributed by atoms with Crippen molar-refractivity contribution in [1.82, 2.24) is 15.1 Å². The minimum atomic E-state index is -0.0439. The summed E-state index contributed by atoms with van der Waals surface area (Å²) in [6.45, 7) is 4.09. The first-order valence-electron chi connectivity index (χ1n) is 6.65. The Bertz CT molecular complexity index is 349. The van der Waals surface area contributed by atoms with Gasteiger partial charge in [0.1, 0.15) is 0 Å². The number of allylic oxidation sites excluding steroid dienone is 1. The summed E-state index contributed by atoms with van der Waals surface area (Å²) in [5.74, 6) is 0.0862. The molecule has 1 aliphatic carbocycles. The Labute approximate surface area is 108 Å². The van der Waals surface area contributed by atoms with Gasteiger partial charge in [-0.15, -0.1) is 0 Å². The summed E-state index contributed by atoms with van der Waals surface area (Å²) < 4.78 is 0. The molecule has 1 saturated heterocycles. The number of nitrogens with zero attached hydrogens (tertiary/aromatic N) is 2. The summed E-state index contributed by atoms with van der Waals surface area (Å²) >= 11 is 0. The predicted octanol–water partition coefficient (Wildman–Crippen LogP) is 1.32. The third-order valence-electron chi connectivity index (χ3n) is 3.66. The molecule has 2 rings (SSSR count). The van der Waals surface area contributed by atoms with E-state index in [4.69, 9.17) is 0 Å². The number of carbonyl (C=O) groups is 2. The monoisotopic (exact) mass is 251 g/mol. The molecule has 1 heterocycles. The van der Waals surface area contributed by atoms with Crippen molar-refractivity contribution in [2.24, 2.45) is 0 Å². The van der Waals surface area contributed by atoms with Gasteiger partial charge in [-0.2, -0.15) is 0 Å². The van der Waals surface area contributed by atoms with Crippen LogP contribution < -0.4 is 5.32 Å². The maximum absolute atomic E-state index is 11.9. The average Bonchev–Trinajstić information content (AvgIpc) is 2.89. The second-order valence-electron chi connectivity index (χ2n) is 4.95. The molecule has 5 heteroatoms. The Morgan fingerprint density at radius 1 is 1.06 bits per heavy atom. The molecular weight excluding hydrogens is 230 g/mol. The van der Waals surface area contributed by atoms with Crippen molar-refractivity contribution in [2.45, 2.75) is 32.6 Å². The highest BCUT2D eigenvalue weighted by molar-refractivity contribution is 5.76. The summed E-state index contributed by atoms with van der Waals surface area (Å²) in [7, 11) is 0. The van der Waals surface area contributed by atoms with Gasteiger partial charge >= 0.3 is 6.03 Å². The molecule has 0 bridgehead atoms. The average molecular weight is 251 g/mol. The minimum Gasteiger partial charge on any atom is -0.339 e. The molecule has 0 aromatic carbocycles. The second kappa shape index (κ2) is 5.89. The highest BCUT2D eigenvalue weighted by Gasteiger charge is 2.21. The van der Waals surface area contributed by atoms with E-state index in [-0.39, 0.29) is 11.9 Å². The first kappa shape index (κ1) is 12.9. The molecule has 18 heavy (non-hydrogen) atoms. The molecular formula is C13H21N3O2. The zero-order valence-electron chi connectivity index (χ0n) is 10.9. The molecule has 0 atom stereocenters. The molecule has 2 aliphatic rings. The van der Waals surface area contributed by atoms with E-state index in [2.05, 4.69) is 5.32 Å². The van der Waals surface area contributed by atoms with Crippen LogP contribution in [0.3, 0.4) is 0 Å². The van der Waals surface area contributed by atoms with E-state index in [1.807, 2.05) is 6.20 Å². The molecule has 0 aromatic rings. The molecule has 0 aromatic heterocycles. The molecule has 1 N–H and O–H groups in total. The Morgan fingerprint density at radius 3 is 2.17 bits per heavy atom. The van der Waals surface area contributed by atoms with E-state index in [0.29, 0.717) is 26.2 Å². The normalized spacial score (nSPS) is 19.9. The molecule has 0 spiro atoms. The fraction of sp³-hybridized carbons (Fsp3) is 0.692. The molecule has 1 saturated carbocycles. The highest BCUT2D eigenvalue weighted by atomic mass is 16.2. The van der Waals surface area contributed by atoms with Crippen LogP contribution in [0.1, 0.15) is 32.6 Å². The second-order valence-corrected chi connectivity index (χ2v) is 4.95. The van der Waals surface area contributed by atoms with Crippen molar-refractivity contribution in [3.8, 4) is 0 Å². The quantitative estimate of drug-likeness (QED) is 0.764. The van der Waals surface area contributed by atoms with Crippen molar-refractivity contribution in [3.63, 3.8) is 0 Å². The zero-order chi connectivity index (χ0) is 13.0. The SMILES string of the molecule is CC(=O)N1CCN(C(=O)NC=C2CCCC2)CC1. The minimum absolute atomic E-state index is 0.0439. The third-order valence-corrected chi connectivity index (χ3v) is 3.66. The number of carbonyl (C=O) groups excluding carboxylic acids is 2. The number of nitrogens with one attached hydrogen (secondary N) is 1. The van der Waals surface area contributed by atoms with Crippen LogP contribution in [0.15, 0.2) is 11.8 Å². The number of hydrogen-bond acceptors (Lipinski definition) is 2. The van der Waals surface area contributed by atoms with Crippen molar-refractivity contribution >= 4 is 11.9 Å². The van der Waals surface area contributed by atoms with Gasteiger partial charge in [0.15, 0.2) is 0 Å². The standard InChI is InChI=1S/C13H21N3O2/c1-11(17)15-6-8-16(9-7-15)13(18)14-10-12-4-2-3-5-12/h10H,2-9H2,1H3,(H,14,18). The third kappa shape index (κ3) is 3.24. The number of rotatable bonds is 1. The lowest BCUT2D eigenvalue weighted by molar-refractivity contribution is -0.130. The van der Waals surface area contributed by atoms with Crippen LogP contribution in [0.25, 0.3) is 0 Å². The Morgan fingerprint density at radius 2 is 1.61 bits per heavy atom. The van der Waals surface area contributed by atoms with Gasteiger partial charge < -0.3 is 15.1 Å². The number of urea groups is 1. The summed E-state index contributed by atoms with van der Waals surface area (Å²) in [4.78, 5) is 26.6. The maximum atomic E-state index is 11.9. The van der Waals surface area contributed by atoms with Gasteiger partial charge in [-0.1, -0.05) is 5.57 Å². The van der Waals surface area contributed by atoms with Crippen molar-refractivity contribution in [2.75, 3.05) is 26.2 Å². The molecule has 2 fully saturated rings. The zero-order valence-corrected chi connectivity index (χ0v) is 10.9. The van der Waals surface area contributed by atoms with Gasteiger partial charge in [-0.3, -0.25) is 4.79 Å². The van der Waals surface area contributed by atoms with Crippen LogP contribution in [0.2, 0.25) is 0 Å². The van der Waals surface area contributed by atoms with Gasteiger partial charge in [0.2, 0.25) is 5.91 Å². The van der Waals surface area contributed by atoms with E-state index in [0.717, 1.165) is 12.8 Å². The van der Waals surface area contributed by atoms with Crippen LogP contribution in [-0.4, -0.2) is 47.9 Å². The van der Waals surface area contributed by atoms with Crippen LogP contribution in [-0.2, 0) is 4.79 Å². The summed E-state index contributed by atoms with van der Waals surface area (Å²) in [5.41, 5.74) is 1.34. The fourth-order valence-electron chi connectivity index (χ4n) is 2.45. The van der Waals surface area contributed by atoms with E-state index in [9.17, 15) is 9.59 Å². The van der Waals surface area contributed by atoms with Crippen LogP contribution >= 0.6 is 0 Å². The Balaban J connectivity index is 1.77. The lowest BCUT2D eigenvalue weighted by Gasteiger charge is -2.33. The van der Waals surface area contributed by atoms with Crippen LogP contribution in [0.4, 0.5) is 4.79 Å². The van der Waals surface area contributed by atoms with Crippen molar-refractivity contribution < 1.29 is 9.59 Å². The fourth-order valence-corrected chi connectivity index (χ4v) is 2.45.